The quantitative estimate of drug-likeness (QED) is 0.591. The van der Waals surface area contributed by atoms with E-state index >= 15 is 0 Å². The number of amidine groups is 1. The fraction of sp³-hybridized carbons (Fsp3) is 0.917. The molecule has 0 aromatic heterocycles. The van der Waals surface area contributed by atoms with Gasteiger partial charge in [-0.05, 0) is 25.0 Å². The van der Waals surface area contributed by atoms with Gasteiger partial charge in [0.05, 0.1) is 6.04 Å². The molecule has 0 bridgehead atoms. The molecule has 1 rings (SSSR count). The number of thioether (sulfide) groups is 1. The van der Waals surface area contributed by atoms with Gasteiger partial charge < -0.3 is 5.73 Å². The summed E-state index contributed by atoms with van der Waals surface area (Å²) in [5.41, 5.74) is 5.77. The maximum atomic E-state index is 5.77. The highest BCUT2D eigenvalue weighted by atomic mass is 32.2. The molecule has 0 unspecified atom stereocenters. The molecule has 0 amide bonds. The van der Waals surface area contributed by atoms with Gasteiger partial charge in [0, 0.05) is 0 Å². The first-order valence-electron chi connectivity index (χ1n) is 6.13. The molecule has 15 heavy (non-hydrogen) atoms. The predicted molar refractivity (Wildman–Crippen MR) is 70.4 cm³/mol. The molecule has 0 radical (unpaired) electrons. The predicted octanol–water partition coefficient (Wildman–Crippen LogP) is 3.41. The third kappa shape index (κ3) is 4.92. The molecule has 1 atom stereocenters. The van der Waals surface area contributed by atoms with Crippen LogP contribution in [-0.4, -0.2) is 17.5 Å². The SMILES string of the molecule is CC[C@H](CC1CCCCC1)N=C(N)SC. The molecule has 3 heteroatoms. The first-order chi connectivity index (χ1) is 7.26. The summed E-state index contributed by atoms with van der Waals surface area (Å²) in [7, 11) is 0. The van der Waals surface area contributed by atoms with Crippen LogP contribution in [0.5, 0.6) is 0 Å². The molecule has 1 aliphatic rings. The van der Waals surface area contributed by atoms with Gasteiger partial charge in [0.1, 0.15) is 0 Å². The zero-order valence-electron chi connectivity index (χ0n) is 10.0. The second-order valence-corrected chi connectivity index (χ2v) is 5.30. The van der Waals surface area contributed by atoms with Crippen molar-refractivity contribution >= 4 is 16.9 Å². The molecule has 0 aromatic rings. The van der Waals surface area contributed by atoms with E-state index in [1.165, 1.54) is 38.5 Å². The first kappa shape index (κ1) is 12.9. The van der Waals surface area contributed by atoms with Crippen LogP contribution in [0.1, 0.15) is 51.9 Å². The minimum Gasteiger partial charge on any atom is -0.379 e. The molecule has 0 saturated heterocycles. The molecule has 1 aliphatic carbocycles. The van der Waals surface area contributed by atoms with Crippen molar-refractivity contribution in [2.24, 2.45) is 16.6 Å². The Morgan fingerprint density at radius 1 is 1.40 bits per heavy atom. The van der Waals surface area contributed by atoms with Crippen molar-refractivity contribution < 1.29 is 0 Å². The molecule has 2 nitrogen and oxygen atoms in total. The molecular formula is C12H24N2S. The van der Waals surface area contributed by atoms with Gasteiger partial charge in [-0.2, -0.15) is 0 Å². The van der Waals surface area contributed by atoms with Crippen LogP contribution in [0, 0.1) is 5.92 Å². The van der Waals surface area contributed by atoms with Crippen molar-refractivity contribution in [1.82, 2.24) is 0 Å². The number of rotatable bonds is 4. The van der Waals surface area contributed by atoms with Crippen LogP contribution in [0.25, 0.3) is 0 Å². The highest BCUT2D eigenvalue weighted by Crippen LogP contribution is 2.28. The maximum Gasteiger partial charge on any atom is 0.153 e. The van der Waals surface area contributed by atoms with Crippen LogP contribution in [0.3, 0.4) is 0 Å². The Balaban J connectivity index is 2.38. The van der Waals surface area contributed by atoms with Gasteiger partial charge >= 0.3 is 0 Å². The number of nitrogens with zero attached hydrogens (tertiary/aromatic N) is 1. The molecule has 1 fully saturated rings. The van der Waals surface area contributed by atoms with Crippen molar-refractivity contribution in [1.29, 1.82) is 0 Å². The second kappa shape index (κ2) is 7.15. The average molecular weight is 228 g/mol. The highest BCUT2D eigenvalue weighted by Gasteiger charge is 2.17. The zero-order chi connectivity index (χ0) is 11.1. The Morgan fingerprint density at radius 3 is 2.60 bits per heavy atom. The van der Waals surface area contributed by atoms with Gasteiger partial charge in [-0.15, -0.1) is 0 Å². The summed E-state index contributed by atoms with van der Waals surface area (Å²) in [6.45, 7) is 2.21. The van der Waals surface area contributed by atoms with Crippen LogP contribution < -0.4 is 5.73 Å². The molecule has 2 N–H and O–H groups in total. The summed E-state index contributed by atoms with van der Waals surface area (Å²) < 4.78 is 0. The monoisotopic (exact) mass is 228 g/mol. The van der Waals surface area contributed by atoms with E-state index in [1.54, 1.807) is 11.8 Å². The average Bonchev–Trinajstić information content (AvgIpc) is 2.29. The Morgan fingerprint density at radius 2 is 2.07 bits per heavy atom. The molecule has 0 aliphatic heterocycles. The topological polar surface area (TPSA) is 38.4 Å². The standard InChI is InChI=1S/C12H24N2S/c1-3-11(14-12(13)15-2)9-10-7-5-4-6-8-10/h10-11H,3-9H2,1-2H3,(H2,13,14)/t11-/m1/s1. The summed E-state index contributed by atoms with van der Waals surface area (Å²) in [4.78, 5) is 4.56. The largest absolute Gasteiger partial charge is 0.379 e. The number of hydrogen-bond acceptors (Lipinski definition) is 2. The van der Waals surface area contributed by atoms with Crippen molar-refractivity contribution in [2.45, 2.75) is 57.9 Å². The number of hydrogen-bond donors (Lipinski definition) is 1. The smallest absolute Gasteiger partial charge is 0.153 e. The molecule has 0 spiro atoms. The first-order valence-corrected chi connectivity index (χ1v) is 7.36. The van der Waals surface area contributed by atoms with Crippen molar-refractivity contribution in [3.05, 3.63) is 0 Å². The van der Waals surface area contributed by atoms with Crippen LogP contribution in [-0.2, 0) is 0 Å². The highest BCUT2D eigenvalue weighted by molar-refractivity contribution is 8.13. The van der Waals surface area contributed by atoms with E-state index < -0.39 is 0 Å². The fourth-order valence-electron chi connectivity index (χ4n) is 2.35. The molecular weight excluding hydrogens is 204 g/mol. The lowest BCUT2D eigenvalue weighted by Gasteiger charge is -2.24. The lowest BCUT2D eigenvalue weighted by Crippen LogP contribution is -2.17. The lowest BCUT2D eigenvalue weighted by atomic mass is 9.84. The Labute approximate surface area is 98.1 Å². The van der Waals surface area contributed by atoms with Gasteiger partial charge in [0.2, 0.25) is 0 Å². The van der Waals surface area contributed by atoms with E-state index in [2.05, 4.69) is 11.9 Å². The van der Waals surface area contributed by atoms with Crippen molar-refractivity contribution in [3.63, 3.8) is 0 Å². The molecule has 0 aromatic carbocycles. The lowest BCUT2D eigenvalue weighted by molar-refractivity contribution is 0.316. The number of aliphatic imine (C=N–C) groups is 1. The molecule has 88 valence electrons. The van der Waals surface area contributed by atoms with Gasteiger partial charge in [0.15, 0.2) is 5.17 Å². The van der Waals surface area contributed by atoms with E-state index in [-0.39, 0.29) is 0 Å². The fourth-order valence-corrected chi connectivity index (χ4v) is 2.61. The third-order valence-corrected chi connectivity index (χ3v) is 3.84. The van der Waals surface area contributed by atoms with Gasteiger partial charge in [-0.25, -0.2) is 0 Å². The molecule has 1 saturated carbocycles. The van der Waals surface area contributed by atoms with E-state index in [9.17, 15) is 0 Å². The summed E-state index contributed by atoms with van der Waals surface area (Å²) in [5.74, 6) is 0.905. The molecule has 0 heterocycles. The summed E-state index contributed by atoms with van der Waals surface area (Å²) in [6.07, 6.45) is 11.5. The summed E-state index contributed by atoms with van der Waals surface area (Å²) >= 11 is 1.56. The summed E-state index contributed by atoms with van der Waals surface area (Å²) in [5, 5.41) is 0.748. The van der Waals surface area contributed by atoms with Crippen LogP contribution in [0.2, 0.25) is 0 Å². The Hall–Kier alpha value is -0.180. The van der Waals surface area contributed by atoms with Crippen molar-refractivity contribution in [2.75, 3.05) is 6.26 Å². The van der Waals surface area contributed by atoms with Crippen LogP contribution >= 0.6 is 11.8 Å². The van der Waals surface area contributed by atoms with Gasteiger partial charge in [0.25, 0.3) is 0 Å². The summed E-state index contributed by atoms with van der Waals surface area (Å²) in [6, 6.07) is 0.459. The Bertz CT molecular complexity index is 198. The van der Waals surface area contributed by atoms with E-state index in [0.29, 0.717) is 6.04 Å². The third-order valence-electron chi connectivity index (χ3n) is 3.32. The number of nitrogens with two attached hydrogens (primary N) is 1. The van der Waals surface area contributed by atoms with Crippen LogP contribution in [0.15, 0.2) is 4.99 Å². The Kier molecular flexibility index (Phi) is 6.15. The van der Waals surface area contributed by atoms with E-state index in [4.69, 9.17) is 5.73 Å². The van der Waals surface area contributed by atoms with Crippen LogP contribution in [0.4, 0.5) is 0 Å². The normalized spacial score (nSPS) is 21.6. The van der Waals surface area contributed by atoms with Gasteiger partial charge in [-0.3, -0.25) is 4.99 Å². The second-order valence-electron chi connectivity index (χ2n) is 4.47. The maximum absolute atomic E-state index is 5.77. The van der Waals surface area contributed by atoms with Crippen molar-refractivity contribution in [3.8, 4) is 0 Å². The van der Waals surface area contributed by atoms with Gasteiger partial charge in [-0.1, -0.05) is 50.8 Å². The van der Waals surface area contributed by atoms with E-state index in [0.717, 1.165) is 17.5 Å². The van der Waals surface area contributed by atoms with E-state index in [1.807, 2.05) is 6.26 Å². The zero-order valence-corrected chi connectivity index (χ0v) is 10.9. The minimum absolute atomic E-state index is 0.459. The minimum atomic E-state index is 0.459.